The molecule has 0 radical (unpaired) electrons. The molecule has 1 nitrogen and oxygen atoms in total. The van der Waals surface area contributed by atoms with E-state index in [2.05, 4.69) is 11.7 Å². The van der Waals surface area contributed by atoms with Crippen LogP contribution in [0.5, 0.6) is 5.75 Å². The lowest BCUT2D eigenvalue weighted by molar-refractivity contribution is -0.0498. The average molecular weight is 350 g/mol. The highest BCUT2D eigenvalue weighted by atomic mass is 19.3. The highest BCUT2D eigenvalue weighted by Crippen LogP contribution is 2.46. The Hall–Kier alpha value is -1.12. The van der Waals surface area contributed by atoms with Crippen LogP contribution in [-0.4, -0.2) is 6.61 Å². The van der Waals surface area contributed by atoms with E-state index in [4.69, 9.17) is 0 Å². The second-order valence-electron chi connectivity index (χ2n) is 8.23. The topological polar surface area (TPSA) is 9.23 Å². The van der Waals surface area contributed by atoms with Crippen molar-refractivity contribution in [2.45, 2.75) is 77.7 Å². The third kappa shape index (κ3) is 5.43. The molecular weight excluding hydrogens is 318 g/mol. The Bertz CT molecular complexity index is 513. The number of hydrogen-bond acceptors (Lipinski definition) is 1. The Morgan fingerprint density at radius 1 is 0.920 bits per heavy atom. The van der Waals surface area contributed by atoms with Gasteiger partial charge in [-0.25, -0.2) is 0 Å². The molecule has 0 aromatic heterocycles. The van der Waals surface area contributed by atoms with Crippen LogP contribution in [0.25, 0.3) is 0 Å². The Kier molecular flexibility index (Phi) is 6.72. The summed E-state index contributed by atoms with van der Waals surface area (Å²) in [5.41, 5.74) is 1.23. The van der Waals surface area contributed by atoms with E-state index in [1.807, 2.05) is 12.1 Å². The molecule has 2 aliphatic rings. The van der Waals surface area contributed by atoms with E-state index < -0.39 is 6.61 Å². The van der Waals surface area contributed by atoms with Gasteiger partial charge in [0.05, 0.1) is 0 Å². The van der Waals surface area contributed by atoms with Crippen molar-refractivity contribution < 1.29 is 13.5 Å². The van der Waals surface area contributed by atoms with E-state index in [0.717, 1.165) is 30.1 Å². The third-order valence-electron chi connectivity index (χ3n) is 6.52. The first-order valence-electron chi connectivity index (χ1n) is 10.2. The van der Waals surface area contributed by atoms with Gasteiger partial charge in [-0.05, 0) is 79.9 Å². The van der Waals surface area contributed by atoms with Crippen molar-refractivity contribution in [3.8, 4) is 5.75 Å². The van der Waals surface area contributed by atoms with Crippen molar-refractivity contribution in [1.29, 1.82) is 0 Å². The predicted octanol–water partition coefficient (Wildman–Crippen LogP) is 6.85. The van der Waals surface area contributed by atoms with Gasteiger partial charge in [0.2, 0.25) is 0 Å². The molecule has 1 aromatic carbocycles. The maximum atomic E-state index is 12.2. The highest BCUT2D eigenvalue weighted by Gasteiger charge is 2.34. The summed E-state index contributed by atoms with van der Waals surface area (Å²) >= 11 is 0. The summed E-state index contributed by atoms with van der Waals surface area (Å²) < 4.78 is 28.8. The second kappa shape index (κ2) is 9.00. The van der Waals surface area contributed by atoms with Crippen molar-refractivity contribution in [1.82, 2.24) is 0 Å². The van der Waals surface area contributed by atoms with Gasteiger partial charge in [-0.2, -0.15) is 8.78 Å². The molecular formula is C22H32F2O. The van der Waals surface area contributed by atoms with Crippen molar-refractivity contribution in [3.63, 3.8) is 0 Å². The van der Waals surface area contributed by atoms with Gasteiger partial charge in [0.1, 0.15) is 5.75 Å². The summed E-state index contributed by atoms with van der Waals surface area (Å²) in [7, 11) is 0. The zero-order valence-electron chi connectivity index (χ0n) is 15.4. The molecule has 0 N–H and O–H groups in total. The van der Waals surface area contributed by atoms with E-state index in [1.165, 1.54) is 63.4 Å². The normalized spacial score (nSPS) is 29.4. The van der Waals surface area contributed by atoms with Crippen LogP contribution >= 0.6 is 0 Å². The zero-order valence-corrected chi connectivity index (χ0v) is 15.4. The number of alkyl halides is 2. The lowest BCUT2D eigenvalue weighted by atomic mass is 9.63. The second-order valence-corrected chi connectivity index (χ2v) is 8.23. The smallest absolute Gasteiger partial charge is 0.387 e. The first-order chi connectivity index (χ1) is 12.1. The van der Waals surface area contributed by atoms with Gasteiger partial charge in [0, 0.05) is 0 Å². The summed E-state index contributed by atoms with van der Waals surface area (Å²) in [4.78, 5) is 0. The Morgan fingerprint density at radius 3 is 2.08 bits per heavy atom. The molecule has 0 heterocycles. The quantitative estimate of drug-likeness (QED) is 0.522. The van der Waals surface area contributed by atoms with Crippen LogP contribution < -0.4 is 4.74 Å². The molecule has 4 atom stereocenters. The minimum atomic E-state index is -2.74. The first-order valence-corrected chi connectivity index (χ1v) is 10.2. The number of halogens is 2. The van der Waals surface area contributed by atoms with E-state index in [1.54, 1.807) is 12.1 Å². The standard InChI is InChI=1S/C22H32F2O/c1-2-3-17-6-10-20-15-18(7-11-19(20)14-17)5-4-16-8-12-21(13-9-16)25-22(23)24/h8-9,12-13,17-20,22H,2-7,10-11,14-15H2,1H3/t17?,18-,19-,20-/m1/s1. The molecule has 0 saturated heterocycles. The van der Waals surface area contributed by atoms with Crippen molar-refractivity contribution >= 4 is 0 Å². The molecule has 0 spiro atoms. The molecule has 0 aliphatic heterocycles. The molecule has 3 rings (SSSR count). The minimum Gasteiger partial charge on any atom is -0.435 e. The first kappa shape index (κ1) is 18.7. The molecule has 25 heavy (non-hydrogen) atoms. The van der Waals surface area contributed by atoms with Gasteiger partial charge >= 0.3 is 6.61 Å². The lowest BCUT2D eigenvalue weighted by Gasteiger charge is -2.42. The van der Waals surface area contributed by atoms with Gasteiger partial charge < -0.3 is 4.74 Å². The molecule has 1 aromatic rings. The molecule has 2 aliphatic carbocycles. The van der Waals surface area contributed by atoms with Crippen molar-refractivity contribution in [2.24, 2.45) is 23.7 Å². The van der Waals surface area contributed by atoms with Crippen LogP contribution in [0.15, 0.2) is 24.3 Å². The van der Waals surface area contributed by atoms with Crippen LogP contribution in [0.3, 0.4) is 0 Å². The maximum absolute atomic E-state index is 12.2. The van der Waals surface area contributed by atoms with Gasteiger partial charge in [-0.1, -0.05) is 44.7 Å². The number of aryl methyl sites for hydroxylation is 1. The fourth-order valence-corrected chi connectivity index (χ4v) is 5.22. The van der Waals surface area contributed by atoms with Crippen LogP contribution in [0.4, 0.5) is 8.78 Å². The fraction of sp³-hybridized carbons (Fsp3) is 0.727. The van der Waals surface area contributed by atoms with Gasteiger partial charge in [-0.3, -0.25) is 0 Å². The molecule has 1 unspecified atom stereocenters. The molecule has 2 saturated carbocycles. The van der Waals surface area contributed by atoms with E-state index in [0.29, 0.717) is 0 Å². The van der Waals surface area contributed by atoms with E-state index in [-0.39, 0.29) is 5.75 Å². The molecule has 2 fully saturated rings. The predicted molar refractivity (Wildman–Crippen MR) is 98.0 cm³/mol. The number of ether oxygens (including phenoxy) is 1. The summed E-state index contributed by atoms with van der Waals surface area (Å²) in [5.74, 6) is 4.06. The number of hydrogen-bond donors (Lipinski definition) is 0. The van der Waals surface area contributed by atoms with Gasteiger partial charge in [-0.15, -0.1) is 0 Å². The highest BCUT2D eigenvalue weighted by molar-refractivity contribution is 5.27. The number of benzene rings is 1. The van der Waals surface area contributed by atoms with Gasteiger partial charge in [0.25, 0.3) is 0 Å². The molecule has 3 heteroatoms. The van der Waals surface area contributed by atoms with Crippen LogP contribution in [0.1, 0.15) is 70.3 Å². The van der Waals surface area contributed by atoms with Gasteiger partial charge in [0.15, 0.2) is 0 Å². The van der Waals surface area contributed by atoms with Crippen LogP contribution in [-0.2, 0) is 6.42 Å². The molecule has 140 valence electrons. The Morgan fingerprint density at radius 2 is 1.52 bits per heavy atom. The summed E-state index contributed by atoms with van der Waals surface area (Å²) in [6, 6.07) is 7.18. The minimum absolute atomic E-state index is 0.253. The lowest BCUT2D eigenvalue weighted by Crippen LogP contribution is -2.31. The summed E-state index contributed by atoms with van der Waals surface area (Å²) in [6.45, 7) is -0.428. The van der Waals surface area contributed by atoms with Crippen molar-refractivity contribution in [3.05, 3.63) is 29.8 Å². The SMILES string of the molecule is CCCC1CC[C@@H]2C[C@H](CCc3ccc(OC(F)F)cc3)CC[C@@H]2C1. The molecule has 0 amide bonds. The van der Waals surface area contributed by atoms with Crippen LogP contribution in [0, 0.1) is 23.7 Å². The van der Waals surface area contributed by atoms with Crippen molar-refractivity contribution in [2.75, 3.05) is 0 Å². The average Bonchev–Trinajstić information content (AvgIpc) is 2.61. The monoisotopic (exact) mass is 350 g/mol. The van der Waals surface area contributed by atoms with E-state index >= 15 is 0 Å². The van der Waals surface area contributed by atoms with E-state index in [9.17, 15) is 8.78 Å². The third-order valence-corrected chi connectivity index (χ3v) is 6.52. The van der Waals surface area contributed by atoms with Crippen LogP contribution in [0.2, 0.25) is 0 Å². The zero-order chi connectivity index (χ0) is 17.6. The number of rotatable bonds is 7. The maximum Gasteiger partial charge on any atom is 0.387 e. The summed E-state index contributed by atoms with van der Waals surface area (Å²) in [5, 5.41) is 0. The Labute approximate surface area is 151 Å². The summed E-state index contributed by atoms with van der Waals surface area (Å²) in [6.07, 6.45) is 13.7. The largest absolute Gasteiger partial charge is 0.435 e. The molecule has 0 bridgehead atoms. The number of fused-ring (bicyclic) bond motifs is 1. The Balaban J connectivity index is 1.43. The fourth-order valence-electron chi connectivity index (χ4n) is 5.22.